The van der Waals surface area contributed by atoms with E-state index in [0.717, 1.165) is 23.8 Å². The Balaban J connectivity index is 1.93. The first-order valence-corrected chi connectivity index (χ1v) is 6.23. The molecule has 0 radical (unpaired) electrons. The summed E-state index contributed by atoms with van der Waals surface area (Å²) in [5.74, 6) is 1.94. The number of thiazole rings is 1. The van der Waals surface area contributed by atoms with Gasteiger partial charge in [-0.3, -0.25) is 0 Å². The Morgan fingerprint density at radius 3 is 2.81 bits per heavy atom. The molecule has 0 aliphatic heterocycles. The van der Waals surface area contributed by atoms with Crippen molar-refractivity contribution in [1.29, 1.82) is 0 Å². The van der Waals surface area contributed by atoms with Crippen molar-refractivity contribution in [3.63, 3.8) is 0 Å². The highest BCUT2D eigenvalue weighted by Gasteiger charge is 2.10. The van der Waals surface area contributed by atoms with Gasteiger partial charge >= 0.3 is 0 Å². The third-order valence-corrected chi connectivity index (χ3v) is 3.54. The van der Waals surface area contributed by atoms with Crippen LogP contribution in [0.1, 0.15) is 35.1 Å². The van der Waals surface area contributed by atoms with Crippen molar-refractivity contribution < 1.29 is 4.42 Å². The topological polar surface area (TPSA) is 38.1 Å². The first-order chi connectivity index (χ1) is 7.66. The SMILES string of the molecule is Cc1ccc(C(C)NCc2scnc2C)o1. The molecule has 0 fully saturated rings. The third kappa shape index (κ3) is 2.51. The number of hydrogen-bond donors (Lipinski definition) is 1. The Morgan fingerprint density at radius 2 is 2.25 bits per heavy atom. The van der Waals surface area contributed by atoms with Crippen LogP contribution in [0.15, 0.2) is 22.1 Å². The number of aryl methyl sites for hydroxylation is 2. The van der Waals surface area contributed by atoms with E-state index in [-0.39, 0.29) is 6.04 Å². The summed E-state index contributed by atoms with van der Waals surface area (Å²) in [6, 6.07) is 4.24. The molecule has 0 aromatic carbocycles. The van der Waals surface area contributed by atoms with E-state index >= 15 is 0 Å². The molecule has 2 aromatic heterocycles. The smallest absolute Gasteiger partial charge is 0.120 e. The third-order valence-electron chi connectivity index (χ3n) is 2.60. The van der Waals surface area contributed by atoms with E-state index < -0.39 is 0 Å². The van der Waals surface area contributed by atoms with Crippen LogP contribution >= 0.6 is 11.3 Å². The summed E-state index contributed by atoms with van der Waals surface area (Å²) in [6.07, 6.45) is 0. The van der Waals surface area contributed by atoms with Gasteiger partial charge in [0.2, 0.25) is 0 Å². The molecule has 0 amide bonds. The van der Waals surface area contributed by atoms with Gasteiger partial charge in [0, 0.05) is 11.4 Å². The van der Waals surface area contributed by atoms with Gasteiger partial charge in [-0.1, -0.05) is 0 Å². The molecule has 1 unspecified atom stereocenters. The van der Waals surface area contributed by atoms with Gasteiger partial charge in [-0.25, -0.2) is 4.98 Å². The van der Waals surface area contributed by atoms with E-state index in [1.54, 1.807) is 11.3 Å². The van der Waals surface area contributed by atoms with Crippen LogP contribution in [0, 0.1) is 13.8 Å². The zero-order chi connectivity index (χ0) is 11.5. The summed E-state index contributed by atoms with van der Waals surface area (Å²) in [5, 5.41) is 3.43. The minimum absolute atomic E-state index is 0.232. The molecule has 0 saturated carbocycles. The molecular weight excluding hydrogens is 220 g/mol. The van der Waals surface area contributed by atoms with E-state index in [9.17, 15) is 0 Å². The largest absolute Gasteiger partial charge is 0.465 e. The molecule has 1 atom stereocenters. The molecule has 3 nitrogen and oxygen atoms in total. The van der Waals surface area contributed by atoms with Gasteiger partial charge in [-0.05, 0) is 32.9 Å². The Labute approximate surface area is 99.5 Å². The molecule has 0 bridgehead atoms. The van der Waals surface area contributed by atoms with Crippen molar-refractivity contribution >= 4 is 11.3 Å². The molecule has 2 aromatic rings. The highest BCUT2D eigenvalue weighted by molar-refractivity contribution is 7.09. The Hall–Kier alpha value is -1.13. The van der Waals surface area contributed by atoms with Crippen LogP contribution in [0.3, 0.4) is 0 Å². The van der Waals surface area contributed by atoms with Gasteiger partial charge in [-0.2, -0.15) is 0 Å². The van der Waals surface area contributed by atoms with Crippen LogP contribution in [0.25, 0.3) is 0 Å². The summed E-state index contributed by atoms with van der Waals surface area (Å²) >= 11 is 1.69. The molecule has 2 rings (SSSR count). The lowest BCUT2D eigenvalue weighted by Crippen LogP contribution is -2.17. The number of aromatic nitrogens is 1. The second-order valence-electron chi connectivity index (χ2n) is 3.91. The number of nitrogens with one attached hydrogen (secondary N) is 1. The van der Waals surface area contributed by atoms with Crippen molar-refractivity contribution in [2.45, 2.75) is 33.4 Å². The van der Waals surface area contributed by atoms with Crippen LogP contribution in [-0.4, -0.2) is 4.98 Å². The minimum Gasteiger partial charge on any atom is -0.465 e. The molecule has 2 heterocycles. The van der Waals surface area contributed by atoms with Crippen LogP contribution < -0.4 is 5.32 Å². The molecule has 4 heteroatoms. The summed E-state index contributed by atoms with van der Waals surface area (Å²) in [4.78, 5) is 5.51. The lowest BCUT2D eigenvalue weighted by molar-refractivity contribution is 0.416. The lowest BCUT2D eigenvalue weighted by Gasteiger charge is -2.10. The van der Waals surface area contributed by atoms with Gasteiger partial charge in [0.05, 0.1) is 17.2 Å². The van der Waals surface area contributed by atoms with Gasteiger partial charge in [0.25, 0.3) is 0 Å². The maximum absolute atomic E-state index is 5.57. The van der Waals surface area contributed by atoms with Crippen molar-refractivity contribution in [2.24, 2.45) is 0 Å². The average Bonchev–Trinajstić information content (AvgIpc) is 2.84. The predicted octanol–water partition coefficient (Wildman–Crippen LogP) is 3.20. The molecule has 16 heavy (non-hydrogen) atoms. The lowest BCUT2D eigenvalue weighted by atomic mass is 10.2. The maximum atomic E-state index is 5.57. The summed E-state index contributed by atoms with van der Waals surface area (Å²) in [5.41, 5.74) is 2.99. The molecule has 0 aliphatic rings. The standard InChI is InChI=1S/C12H16N2OS/c1-8-4-5-11(15-8)9(2)13-6-12-10(3)14-7-16-12/h4-5,7,9,13H,6H2,1-3H3. The van der Waals surface area contributed by atoms with Gasteiger partial charge in [0.1, 0.15) is 11.5 Å². The fourth-order valence-corrected chi connectivity index (χ4v) is 2.26. The van der Waals surface area contributed by atoms with Crippen LogP contribution in [0.4, 0.5) is 0 Å². The maximum Gasteiger partial charge on any atom is 0.120 e. The summed E-state index contributed by atoms with van der Waals surface area (Å²) in [7, 11) is 0. The van der Waals surface area contributed by atoms with Crippen molar-refractivity contribution in [3.05, 3.63) is 39.7 Å². The number of hydrogen-bond acceptors (Lipinski definition) is 4. The van der Waals surface area contributed by atoms with Crippen LogP contribution in [0.5, 0.6) is 0 Å². The predicted molar refractivity (Wildman–Crippen MR) is 65.6 cm³/mol. The Bertz CT molecular complexity index is 461. The molecular formula is C12H16N2OS. The zero-order valence-electron chi connectivity index (χ0n) is 9.78. The monoisotopic (exact) mass is 236 g/mol. The van der Waals surface area contributed by atoms with Gasteiger partial charge < -0.3 is 9.73 Å². The minimum atomic E-state index is 0.232. The first kappa shape index (κ1) is 11.4. The quantitative estimate of drug-likeness (QED) is 0.885. The molecule has 0 saturated heterocycles. The molecule has 86 valence electrons. The molecule has 0 spiro atoms. The van der Waals surface area contributed by atoms with Gasteiger partial charge in [0.15, 0.2) is 0 Å². The summed E-state index contributed by atoms with van der Waals surface area (Å²) in [6.45, 7) is 6.95. The average molecular weight is 236 g/mol. The van der Waals surface area contributed by atoms with Gasteiger partial charge in [-0.15, -0.1) is 11.3 Å². The molecule has 0 aliphatic carbocycles. The van der Waals surface area contributed by atoms with Crippen LogP contribution in [0.2, 0.25) is 0 Å². The highest BCUT2D eigenvalue weighted by Crippen LogP contribution is 2.18. The van der Waals surface area contributed by atoms with Crippen molar-refractivity contribution in [1.82, 2.24) is 10.3 Å². The van der Waals surface area contributed by atoms with E-state index in [2.05, 4.69) is 17.2 Å². The first-order valence-electron chi connectivity index (χ1n) is 5.35. The number of rotatable bonds is 4. The van der Waals surface area contributed by atoms with E-state index in [0.29, 0.717) is 0 Å². The highest BCUT2D eigenvalue weighted by atomic mass is 32.1. The normalized spacial score (nSPS) is 12.9. The number of furan rings is 1. The van der Waals surface area contributed by atoms with Crippen molar-refractivity contribution in [2.75, 3.05) is 0 Å². The van der Waals surface area contributed by atoms with E-state index in [1.807, 2.05) is 31.5 Å². The molecule has 1 N–H and O–H groups in total. The van der Waals surface area contributed by atoms with E-state index in [1.165, 1.54) is 4.88 Å². The summed E-state index contributed by atoms with van der Waals surface area (Å²) < 4.78 is 5.57. The second-order valence-corrected chi connectivity index (χ2v) is 4.85. The number of nitrogens with zero attached hydrogens (tertiary/aromatic N) is 1. The zero-order valence-corrected chi connectivity index (χ0v) is 10.6. The fraction of sp³-hybridized carbons (Fsp3) is 0.417. The van der Waals surface area contributed by atoms with Crippen LogP contribution in [-0.2, 0) is 6.54 Å². The van der Waals surface area contributed by atoms with E-state index in [4.69, 9.17) is 4.42 Å². The second kappa shape index (κ2) is 4.80. The fourth-order valence-electron chi connectivity index (χ4n) is 1.53. The Morgan fingerprint density at radius 1 is 1.44 bits per heavy atom. The Kier molecular flexibility index (Phi) is 3.41. The van der Waals surface area contributed by atoms with Crippen molar-refractivity contribution in [3.8, 4) is 0 Å².